The van der Waals surface area contributed by atoms with E-state index in [1.165, 1.54) is 10.4 Å². The van der Waals surface area contributed by atoms with Gasteiger partial charge >= 0.3 is 6.03 Å². The van der Waals surface area contributed by atoms with Crippen LogP contribution in [-0.2, 0) is 11.3 Å². The molecule has 0 aliphatic carbocycles. The van der Waals surface area contributed by atoms with Gasteiger partial charge in [-0.1, -0.05) is 38.1 Å². The number of rotatable bonds is 5. The second kappa shape index (κ2) is 8.07. The number of benzene rings is 1. The summed E-state index contributed by atoms with van der Waals surface area (Å²) in [4.78, 5) is 24.8. The minimum absolute atomic E-state index is 0.0830. The van der Waals surface area contributed by atoms with E-state index in [0.29, 0.717) is 11.7 Å². The van der Waals surface area contributed by atoms with Gasteiger partial charge in [0, 0.05) is 17.5 Å². The van der Waals surface area contributed by atoms with Gasteiger partial charge in [-0.3, -0.25) is 10.1 Å². The maximum absolute atomic E-state index is 11.8. The number of carbonyl (C=O) groups is 2. The van der Waals surface area contributed by atoms with E-state index in [1.54, 1.807) is 0 Å². The molecule has 0 bridgehead atoms. The van der Waals surface area contributed by atoms with Crippen molar-refractivity contribution in [3.8, 4) is 11.4 Å². The number of amides is 3. The van der Waals surface area contributed by atoms with Gasteiger partial charge in [-0.05, 0) is 37.5 Å². The molecule has 0 radical (unpaired) electrons. The molecule has 2 N–H and O–H groups in total. The van der Waals surface area contributed by atoms with E-state index in [4.69, 9.17) is 0 Å². The summed E-state index contributed by atoms with van der Waals surface area (Å²) in [5.74, 6) is 0.569. The third kappa shape index (κ3) is 5.94. The van der Waals surface area contributed by atoms with Crippen molar-refractivity contribution in [2.75, 3.05) is 0 Å². The van der Waals surface area contributed by atoms with E-state index in [0.717, 1.165) is 5.56 Å². The van der Waals surface area contributed by atoms with Crippen LogP contribution in [0.1, 0.15) is 52.5 Å². The summed E-state index contributed by atoms with van der Waals surface area (Å²) in [6, 6.07) is 7.49. The largest absolute Gasteiger partial charge is 0.333 e. The Balaban J connectivity index is 1.88. The van der Waals surface area contributed by atoms with Crippen LogP contribution in [0.2, 0.25) is 0 Å². The first-order valence-electron chi connectivity index (χ1n) is 8.64. The van der Waals surface area contributed by atoms with Gasteiger partial charge in [0.05, 0.1) is 6.54 Å². The summed E-state index contributed by atoms with van der Waals surface area (Å²) in [6.45, 7) is 10.0. The highest BCUT2D eigenvalue weighted by Crippen LogP contribution is 2.19. The Morgan fingerprint density at radius 3 is 2.38 bits per heavy atom. The highest BCUT2D eigenvalue weighted by molar-refractivity contribution is 5.94. The van der Waals surface area contributed by atoms with Gasteiger partial charge in [-0.15, -0.1) is 10.2 Å². The van der Waals surface area contributed by atoms with Crippen LogP contribution in [-0.4, -0.2) is 37.7 Å². The normalized spacial score (nSPS) is 11.5. The van der Waals surface area contributed by atoms with Crippen molar-refractivity contribution in [1.82, 2.24) is 30.8 Å². The summed E-state index contributed by atoms with van der Waals surface area (Å²) in [7, 11) is 0. The smallest absolute Gasteiger partial charge is 0.321 e. The average Bonchev–Trinajstić information content (AvgIpc) is 3.00. The Labute approximate surface area is 153 Å². The molecule has 0 aliphatic heterocycles. The number of hydrogen-bond acceptors (Lipinski definition) is 5. The first-order valence-corrected chi connectivity index (χ1v) is 8.64. The molecular weight excluding hydrogens is 332 g/mol. The van der Waals surface area contributed by atoms with Crippen molar-refractivity contribution in [2.24, 2.45) is 0 Å². The first-order chi connectivity index (χ1) is 12.1. The number of hydrogen-bond donors (Lipinski definition) is 2. The highest BCUT2D eigenvalue weighted by atomic mass is 16.2. The summed E-state index contributed by atoms with van der Waals surface area (Å²) < 4.78 is 0. The van der Waals surface area contributed by atoms with Crippen molar-refractivity contribution in [2.45, 2.75) is 59.0 Å². The first kappa shape index (κ1) is 19.6. The molecule has 0 saturated heterocycles. The summed E-state index contributed by atoms with van der Waals surface area (Å²) in [5, 5.41) is 17.2. The zero-order valence-electron chi connectivity index (χ0n) is 15.9. The monoisotopic (exact) mass is 358 g/mol. The fourth-order valence-electron chi connectivity index (χ4n) is 2.23. The molecule has 0 unspecified atom stereocenters. The van der Waals surface area contributed by atoms with E-state index in [2.05, 4.69) is 39.9 Å². The van der Waals surface area contributed by atoms with E-state index in [-0.39, 0.29) is 13.0 Å². The van der Waals surface area contributed by atoms with Crippen LogP contribution in [0.3, 0.4) is 0 Å². The third-order valence-electron chi connectivity index (χ3n) is 3.57. The van der Waals surface area contributed by atoms with Crippen LogP contribution in [0.15, 0.2) is 24.3 Å². The SMILES string of the molecule is CC(C)c1ccc(-c2nnn(CCC(=O)NC(=O)NC(C)(C)C)n2)cc1. The van der Waals surface area contributed by atoms with Gasteiger partial charge in [0.1, 0.15) is 0 Å². The number of tetrazole rings is 1. The summed E-state index contributed by atoms with van der Waals surface area (Å²) in [6.07, 6.45) is 0.0830. The molecule has 1 heterocycles. The van der Waals surface area contributed by atoms with Crippen LogP contribution in [0.5, 0.6) is 0 Å². The number of aryl methyl sites for hydroxylation is 1. The predicted molar refractivity (Wildman–Crippen MR) is 98.4 cm³/mol. The Kier molecular flexibility index (Phi) is 6.07. The van der Waals surface area contributed by atoms with Crippen LogP contribution in [0, 0.1) is 0 Å². The van der Waals surface area contributed by atoms with Gasteiger partial charge in [0.25, 0.3) is 0 Å². The number of nitrogens with one attached hydrogen (secondary N) is 2. The number of carbonyl (C=O) groups excluding carboxylic acids is 2. The van der Waals surface area contributed by atoms with Crippen LogP contribution < -0.4 is 10.6 Å². The highest BCUT2D eigenvalue weighted by Gasteiger charge is 2.16. The fourth-order valence-corrected chi connectivity index (χ4v) is 2.23. The van der Waals surface area contributed by atoms with Crippen molar-refractivity contribution >= 4 is 11.9 Å². The minimum atomic E-state index is -0.514. The van der Waals surface area contributed by atoms with Gasteiger partial charge in [0.15, 0.2) is 0 Å². The molecule has 8 nitrogen and oxygen atoms in total. The summed E-state index contributed by atoms with van der Waals surface area (Å²) >= 11 is 0. The molecular formula is C18H26N6O2. The molecule has 0 fully saturated rings. The van der Waals surface area contributed by atoms with Gasteiger partial charge in [0.2, 0.25) is 11.7 Å². The second-order valence-corrected chi connectivity index (χ2v) is 7.49. The molecule has 3 amide bonds. The van der Waals surface area contributed by atoms with E-state index >= 15 is 0 Å². The van der Waals surface area contributed by atoms with Crippen molar-refractivity contribution < 1.29 is 9.59 Å². The zero-order valence-corrected chi connectivity index (χ0v) is 15.9. The molecule has 2 aromatic rings. The molecule has 0 spiro atoms. The van der Waals surface area contributed by atoms with E-state index in [1.807, 2.05) is 45.0 Å². The van der Waals surface area contributed by atoms with Crippen molar-refractivity contribution in [3.05, 3.63) is 29.8 Å². The molecule has 26 heavy (non-hydrogen) atoms. The lowest BCUT2D eigenvalue weighted by atomic mass is 10.0. The van der Waals surface area contributed by atoms with Gasteiger partial charge < -0.3 is 5.32 Å². The number of urea groups is 1. The van der Waals surface area contributed by atoms with Crippen LogP contribution >= 0.6 is 0 Å². The van der Waals surface area contributed by atoms with E-state index < -0.39 is 17.5 Å². The molecule has 8 heteroatoms. The lowest BCUT2D eigenvalue weighted by Gasteiger charge is -2.20. The molecule has 0 saturated carbocycles. The van der Waals surface area contributed by atoms with Crippen LogP contribution in [0.4, 0.5) is 4.79 Å². The molecule has 1 aromatic carbocycles. The number of imide groups is 1. The molecule has 0 aliphatic rings. The summed E-state index contributed by atoms with van der Waals surface area (Å²) in [5.41, 5.74) is 1.71. The van der Waals surface area contributed by atoms with Gasteiger partial charge in [-0.2, -0.15) is 4.80 Å². The predicted octanol–water partition coefficient (Wildman–Crippen LogP) is 2.48. The van der Waals surface area contributed by atoms with E-state index in [9.17, 15) is 9.59 Å². The zero-order chi connectivity index (χ0) is 19.3. The number of nitrogens with zero attached hydrogens (tertiary/aromatic N) is 4. The molecule has 1 aromatic heterocycles. The minimum Gasteiger partial charge on any atom is -0.333 e. The maximum atomic E-state index is 11.8. The molecule has 0 atom stereocenters. The Morgan fingerprint density at radius 1 is 1.15 bits per heavy atom. The molecule has 140 valence electrons. The molecule has 2 rings (SSSR count). The van der Waals surface area contributed by atoms with Gasteiger partial charge in [-0.25, -0.2) is 4.79 Å². The number of aromatic nitrogens is 4. The Morgan fingerprint density at radius 2 is 1.81 bits per heavy atom. The second-order valence-electron chi connectivity index (χ2n) is 7.49. The maximum Gasteiger partial charge on any atom is 0.321 e. The average molecular weight is 358 g/mol. The lowest BCUT2D eigenvalue weighted by Crippen LogP contribution is -2.48. The quantitative estimate of drug-likeness (QED) is 0.855. The Hall–Kier alpha value is -2.77. The van der Waals surface area contributed by atoms with Crippen molar-refractivity contribution in [3.63, 3.8) is 0 Å². The van der Waals surface area contributed by atoms with Crippen molar-refractivity contribution in [1.29, 1.82) is 0 Å². The lowest BCUT2D eigenvalue weighted by molar-refractivity contribution is -0.120. The topological polar surface area (TPSA) is 102 Å². The standard InChI is InChI=1S/C18H26N6O2/c1-12(2)13-6-8-14(9-7-13)16-21-23-24(22-16)11-10-15(25)19-17(26)20-18(3,4)5/h6-9,12H,10-11H2,1-5H3,(H2,19,20,25,26). The Bertz CT molecular complexity index is 759. The van der Waals surface area contributed by atoms with Crippen LogP contribution in [0.25, 0.3) is 11.4 Å². The fraction of sp³-hybridized carbons (Fsp3) is 0.500. The third-order valence-corrected chi connectivity index (χ3v) is 3.57.